The molecule has 1 amide bonds. The summed E-state index contributed by atoms with van der Waals surface area (Å²) in [4.78, 5) is 16.2. The first-order valence-corrected chi connectivity index (χ1v) is 6.86. The normalized spacial score (nSPS) is 11.2. The first kappa shape index (κ1) is 16.4. The lowest BCUT2D eigenvalue weighted by molar-refractivity contribution is -0.133. The van der Waals surface area contributed by atoms with Gasteiger partial charge in [-0.25, -0.2) is 4.98 Å². The Kier molecular flexibility index (Phi) is 5.95. The maximum absolute atomic E-state index is 12.0. The molecule has 0 aliphatic heterocycles. The smallest absolute Gasteiger partial charge is 0.256 e. The number of methoxy groups -OCH3 is 1. The van der Waals surface area contributed by atoms with Crippen molar-refractivity contribution in [2.24, 2.45) is 0 Å². The van der Waals surface area contributed by atoms with Crippen molar-refractivity contribution < 1.29 is 14.3 Å². The van der Waals surface area contributed by atoms with Crippen molar-refractivity contribution in [2.45, 2.75) is 46.1 Å². The Morgan fingerprint density at radius 3 is 2.70 bits per heavy atom. The Hall–Kier alpha value is -1.62. The van der Waals surface area contributed by atoms with Gasteiger partial charge >= 0.3 is 0 Å². The van der Waals surface area contributed by atoms with Gasteiger partial charge in [-0.15, -0.1) is 0 Å². The van der Waals surface area contributed by atoms with E-state index in [1.165, 1.54) is 7.11 Å². The van der Waals surface area contributed by atoms with E-state index in [1.807, 2.05) is 13.0 Å². The number of nitrogens with one attached hydrogen (secondary N) is 1. The second-order valence-corrected chi connectivity index (χ2v) is 5.22. The topological polar surface area (TPSA) is 60.5 Å². The number of pyridine rings is 1. The van der Waals surface area contributed by atoms with Crippen LogP contribution in [0.4, 0.5) is 5.69 Å². The van der Waals surface area contributed by atoms with Crippen LogP contribution in [0.3, 0.4) is 0 Å². The second-order valence-electron chi connectivity index (χ2n) is 5.22. The quantitative estimate of drug-likeness (QED) is 0.780. The van der Waals surface area contributed by atoms with Crippen LogP contribution < -0.4 is 10.1 Å². The number of unbranched alkanes of at least 4 members (excludes halogenated alkanes) is 1. The number of hydrogen-bond donors (Lipinski definition) is 1. The molecule has 20 heavy (non-hydrogen) atoms. The highest BCUT2D eigenvalue weighted by molar-refractivity contribution is 5.96. The molecule has 1 rings (SSSR count). The largest absolute Gasteiger partial charge is 0.477 e. The van der Waals surface area contributed by atoms with Gasteiger partial charge in [0.15, 0.2) is 0 Å². The minimum Gasteiger partial charge on any atom is -0.477 e. The zero-order valence-corrected chi connectivity index (χ0v) is 12.9. The highest BCUT2D eigenvalue weighted by atomic mass is 16.5. The van der Waals surface area contributed by atoms with E-state index in [1.54, 1.807) is 20.0 Å². The Labute approximate surface area is 120 Å². The molecule has 0 saturated carbocycles. The summed E-state index contributed by atoms with van der Waals surface area (Å²) < 4.78 is 10.7. The van der Waals surface area contributed by atoms with Crippen LogP contribution in [0.15, 0.2) is 12.3 Å². The summed E-state index contributed by atoms with van der Waals surface area (Å²) in [5.74, 6) is 0.406. The summed E-state index contributed by atoms with van der Waals surface area (Å²) in [7, 11) is 1.51. The third-order valence-corrected chi connectivity index (χ3v) is 3.08. The first-order valence-electron chi connectivity index (χ1n) is 6.86. The number of anilines is 1. The molecule has 0 saturated heterocycles. The fraction of sp³-hybridized carbons (Fsp3) is 0.600. The zero-order chi connectivity index (χ0) is 15.2. The van der Waals surface area contributed by atoms with Gasteiger partial charge in [0.25, 0.3) is 5.91 Å². The van der Waals surface area contributed by atoms with Gasteiger partial charge in [0.05, 0.1) is 18.5 Å². The summed E-state index contributed by atoms with van der Waals surface area (Å²) in [6.45, 7) is 8.10. The van der Waals surface area contributed by atoms with Crippen LogP contribution in [0.1, 0.15) is 39.2 Å². The molecule has 1 aromatic rings. The lowest BCUT2D eigenvalue weighted by Gasteiger charge is -2.21. The van der Waals surface area contributed by atoms with E-state index in [2.05, 4.69) is 17.2 Å². The van der Waals surface area contributed by atoms with Gasteiger partial charge in [-0.05, 0) is 33.3 Å². The van der Waals surface area contributed by atoms with Crippen molar-refractivity contribution in [1.82, 2.24) is 4.98 Å². The van der Waals surface area contributed by atoms with Gasteiger partial charge in [0, 0.05) is 12.7 Å². The average molecular weight is 280 g/mol. The summed E-state index contributed by atoms with van der Waals surface area (Å²) in [5.41, 5.74) is 0.666. The monoisotopic (exact) mass is 280 g/mol. The van der Waals surface area contributed by atoms with Crippen LogP contribution in [-0.2, 0) is 9.53 Å². The molecule has 1 aromatic heterocycles. The Morgan fingerprint density at radius 1 is 1.45 bits per heavy atom. The molecule has 0 bridgehead atoms. The molecule has 112 valence electrons. The van der Waals surface area contributed by atoms with Crippen LogP contribution in [0, 0.1) is 6.92 Å². The fourth-order valence-electron chi connectivity index (χ4n) is 1.47. The summed E-state index contributed by atoms with van der Waals surface area (Å²) in [6.07, 6.45) is 3.68. The van der Waals surface area contributed by atoms with Crippen molar-refractivity contribution in [3.8, 4) is 5.88 Å². The van der Waals surface area contributed by atoms with Crippen LogP contribution in [0.25, 0.3) is 0 Å². The highest BCUT2D eigenvalue weighted by Crippen LogP contribution is 2.20. The number of amides is 1. The number of carbonyl (C=O) groups excluding carboxylic acids is 1. The molecule has 0 aromatic carbocycles. The number of carbonyl (C=O) groups is 1. The summed E-state index contributed by atoms with van der Waals surface area (Å²) in [5, 5.41) is 2.79. The number of aryl methyl sites for hydroxylation is 1. The van der Waals surface area contributed by atoms with Gasteiger partial charge in [0.1, 0.15) is 5.60 Å². The number of rotatable bonds is 7. The molecular formula is C15H24N2O3. The molecule has 1 heterocycles. The van der Waals surface area contributed by atoms with Gasteiger partial charge in [-0.1, -0.05) is 13.3 Å². The number of nitrogens with zero attached hydrogens (tertiary/aromatic N) is 1. The molecule has 0 fully saturated rings. The van der Waals surface area contributed by atoms with Crippen molar-refractivity contribution >= 4 is 11.6 Å². The first-order chi connectivity index (χ1) is 9.40. The van der Waals surface area contributed by atoms with E-state index >= 15 is 0 Å². The predicted octanol–water partition coefficient (Wildman–Crippen LogP) is 2.93. The molecule has 0 radical (unpaired) electrons. The molecular weight excluding hydrogens is 256 g/mol. The van der Waals surface area contributed by atoms with Gasteiger partial charge in [-0.2, -0.15) is 0 Å². The van der Waals surface area contributed by atoms with E-state index in [0.717, 1.165) is 18.4 Å². The Morgan fingerprint density at radius 2 is 2.15 bits per heavy atom. The third-order valence-electron chi connectivity index (χ3n) is 3.08. The van der Waals surface area contributed by atoms with Crippen molar-refractivity contribution in [3.63, 3.8) is 0 Å². The molecule has 5 heteroatoms. The second kappa shape index (κ2) is 7.24. The lowest BCUT2D eigenvalue weighted by atomic mass is 10.1. The minimum atomic E-state index is -0.871. The van der Waals surface area contributed by atoms with Crippen molar-refractivity contribution in [1.29, 1.82) is 0 Å². The van der Waals surface area contributed by atoms with Crippen molar-refractivity contribution in [2.75, 3.05) is 19.0 Å². The van der Waals surface area contributed by atoms with E-state index < -0.39 is 5.60 Å². The Bertz CT molecular complexity index is 458. The van der Waals surface area contributed by atoms with Crippen LogP contribution in [-0.4, -0.2) is 30.2 Å². The highest BCUT2D eigenvalue weighted by Gasteiger charge is 2.27. The van der Waals surface area contributed by atoms with Gasteiger partial charge in [0.2, 0.25) is 5.88 Å². The Balaban J connectivity index is 2.70. The number of ether oxygens (including phenoxy) is 2. The predicted molar refractivity (Wildman–Crippen MR) is 79.1 cm³/mol. The standard InChI is InChI=1S/C15H24N2O3/c1-6-7-8-20-13-11(2)9-12(10-16-13)17-14(18)15(3,4)19-5/h9-10H,6-8H2,1-5H3,(H,17,18). The zero-order valence-electron chi connectivity index (χ0n) is 12.9. The van der Waals surface area contributed by atoms with Crippen molar-refractivity contribution in [3.05, 3.63) is 17.8 Å². The maximum Gasteiger partial charge on any atom is 0.256 e. The fourth-order valence-corrected chi connectivity index (χ4v) is 1.47. The van der Waals surface area contributed by atoms with Gasteiger partial charge < -0.3 is 14.8 Å². The van der Waals surface area contributed by atoms with Crippen LogP contribution >= 0.6 is 0 Å². The van der Waals surface area contributed by atoms with E-state index in [-0.39, 0.29) is 5.91 Å². The van der Waals surface area contributed by atoms with E-state index in [9.17, 15) is 4.79 Å². The molecule has 0 aliphatic rings. The minimum absolute atomic E-state index is 0.208. The number of hydrogen-bond acceptors (Lipinski definition) is 4. The van der Waals surface area contributed by atoms with Crippen LogP contribution in [0.2, 0.25) is 0 Å². The molecule has 0 atom stereocenters. The molecule has 0 spiro atoms. The average Bonchev–Trinajstić information content (AvgIpc) is 2.41. The van der Waals surface area contributed by atoms with E-state index in [0.29, 0.717) is 18.2 Å². The molecule has 1 N–H and O–H groups in total. The molecule has 5 nitrogen and oxygen atoms in total. The molecule has 0 unspecified atom stereocenters. The van der Waals surface area contributed by atoms with Gasteiger partial charge in [-0.3, -0.25) is 4.79 Å². The maximum atomic E-state index is 12.0. The lowest BCUT2D eigenvalue weighted by Crippen LogP contribution is -2.38. The number of aromatic nitrogens is 1. The SMILES string of the molecule is CCCCOc1ncc(NC(=O)C(C)(C)OC)cc1C. The molecule has 0 aliphatic carbocycles. The summed E-state index contributed by atoms with van der Waals surface area (Å²) in [6, 6.07) is 1.85. The third kappa shape index (κ3) is 4.49. The van der Waals surface area contributed by atoms with Crippen LogP contribution in [0.5, 0.6) is 5.88 Å². The van der Waals surface area contributed by atoms with E-state index in [4.69, 9.17) is 9.47 Å². The summed E-state index contributed by atoms with van der Waals surface area (Å²) >= 11 is 0.